The standard InChI is InChI=1S/C15H18N4O3/c1-10(2)9-12(15(21)22)18-14(20)11-5-3-6-13(17-11)19-8-4-7-16-19/h3-8,10,12H,9H2,1-2H3,(H,18,20)(H,21,22)/t12-/m1/s1. The predicted molar refractivity (Wildman–Crippen MR) is 79.7 cm³/mol. The van der Waals surface area contributed by atoms with Crippen molar-refractivity contribution < 1.29 is 14.7 Å². The average Bonchev–Trinajstić information content (AvgIpc) is 3.00. The number of amides is 1. The second-order valence-electron chi connectivity index (χ2n) is 5.33. The molecule has 7 nitrogen and oxygen atoms in total. The van der Waals surface area contributed by atoms with Crippen molar-refractivity contribution in [1.82, 2.24) is 20.1 Å². The number of hydrogen-bond acceptors (Lipinski definition) is 4. The first-order chi connectivity index (χ1) is 10.5. The minimum atomic E-state index is -1.05. The fourth-order valence-electron chi connectivity index (χ4n) is 2.01. The van der Waals surface area contributed by atoms with Crippen LogP contribution >= 0.6 is 0 Å². The average molecular weight is 302 g/mol. The van der Waals surface area contributed by atoms with Crippen LogP contribution in [0.5, 0.6) is 0 Å². The summed E-state index contributed by atoms with van der Waals surface area (Å²) >= 11 is 0. The fraction of sp³-hybridized carbons (Fsp3) is 0.333. The number of carbonyl (C=O) groups excluding carboxylic acids is 1. The molecule has 2 aromatic heterocycles. The van der Waals surface area contributed by atoms with Crippen LogP contribution in [0.1, 0.15) is 30.8 Å². The van der Waals surface area contributed by atoms with Crippen LogP contribution in [0.3, 0.4) is 0 Å². The summed E-state index contributed by atoms with van der Waals surface area (Å²) in [6.45, 7) is 3.80. The molecule has 0 fully saturated rings. The predicted octanol–water partition coefficient (Wildman–Crippen LogP) is 1.50. The molecule has 1 atom stereocenters. The molecule has 0 saturated carbocycles. The van der Waals surface area contributed by atoms with Crippen molar-refractivity contribution in [3.8, 4) is 5.82 Å². The van der Waals surface area contributed by atoms with E-state index < -0.39 is 17.9 Å². The maximum absolute atomic E-state index is 12.2. The van der Waals surface area contributed by atoms with Crippen LogP contribution in [0.15, 0.2) is 36.7 Å². The lowest BCUT2D eigenvalue weighted by molar-refractivity contribution is -0.139. The maximum Gasteiger partial charge on any atom is 0.326 e. The van der Waals surface area contributed by atoms with Crippen molar-refractivity contribution in [3.05, 3.63) is 42.4 Å². The van der Waals surface area contributed by atoms with Gasteiger partial charge < -0.3 is 10.4 Å². The van der Waals surface area contributed by atoms with Gasteiger partial charge in [0.25, 0.3) is 5.91 Å². The number of aliphatic carboxylic acids is 1. The Morgan fingerprint density at radius 3 is 2.68 bits per heavy atom. The number of hydrogen-bond donors (Lipinski definition) is 2. The van der Waals surface area contributed by atoms with Gasteiger partial charge in [0.15, 0.2) is 5.82 Å². The largest absolute Gasteiger partial charge is 0.480 e. The lowest BCUT2D eigenvalue weighted by Crippen LogP contribution is -2.42. The molecule has 0 aliphatic carbocycles. The highest BCUT2D eigenvalue weighted by Crippen LogP contribution is 2.08. The lowest BCUT2D eigenvalue weighted by atomic mass is 10.0. The first-order valence-corrected chi connectivity index (χ1v) is 6.98. The van der Waals surface area contributed by atoms with Crippen molar-refractivity contribution in [2.45, 2.75) is 26.3 Å². The summed E-state index contributed by atoms with van der Waals surface area (Å²) in [5, 5.41) is 15.7. The van der Waals surface area contributed by atoms with E-state index >= 15 is 0 Å². The van der Waals surface area contributed by atoms with Gasteiger partial charge in [-0.15, -0.1) is 0 Å². The molecule has 0 saturated heterocycles. The van der Waals surface area contributed by atoms with E-state index in [0.717, 1.165) is 0 Å². The van der Waals surface area contributed by atoms with Gasteiger partial charge in [-0.25, -0.2) is 14.5 Å². The summed E-state index contributed by atoms with van der Waals surface area (Å²) in [5.74, 6) is -0.912. The second-order valence-corrected chi connectivity index (χ2v) is 5.33. The molecule has 22 heavy (non-hydrogen) atoms. The quantitative estimate of drug-likeness (QED) is 0.842. The number of rotatable bonds is 6. The molecular formula is C15H18N4O3. The second kappa shape index (κ2) is 6.84. The zero-order valence-corrected chi connectivity index (χ0v) is 12.4. The zero-order valence-electron chi connectivity index (χ0n) is 12.4. The van der Waals surface area contributed by atoms with Gasteiger partial charge in [0.1, 0.15) is 11.7 Å². The van der Waals surface area contributed by atoms with Crippen molar-refractivity contribution in [1.29, 1.82) is 0 Å². The first-order valence-electron chi connectivity index (χ1n) is 6.98. The van der Waals surface area contributed by atoms with Crippen molar-refractivity contribution in [2.24, 2.45) is 5.92 Å². The summed E-state index contributed by atoms with van der Waals surface area (Å²) in [6, 6.07) is 5.75. The number of pyridine rings is 1. The summed E-state index contributed by atoms with van der Waals surface area (Å²) in [4.78, 5) is 27.6. The summed E-state index contributed by atoms with van der Waals surface area (Å²) in [7, 11) is 0. The van der Waals surface area contributed by atoms with Crippen LogP contribution in [0.2, 0.25) is 0 Å². The molecule has 2 heterocycles. The number of carboxylic acids is 1. The molecule has 0 unspecified atom stereocenters. The molecular weight excluding hydrogens is 284 g/mol. The highest BCUT2D eigenvalue weighted by molar-refractivity contribution is 5.95. The number of carbonyl (C=O) groups is 2. The SMILES string of the molecule is CC(C)C[C@@H](NC(=O)c1cccc(-n2cccn2)n1)C(=O)O. The minimum absolute atomic E-state index is 0.156. The van der Waals surface area contributed by atoms with Gasteiger partial charge in [0.2, 0.25) is 0 Å². The van der Waals surface area contributed by atoms with E-state index in [1.165, 1.54) is 10.7 Å². The topological polar surface area (TPSA) is 97.1 Å². The van der Waals surface area contributed by atoms with E-state index in [-0.39, 0.29) is 11.6 Å². The first kappa shape index (κ1) is 15.7. The van der Waals surface area contributed by atoms with Gasteiger partial charge in [0, 0.05) is 12.4 Å². The maximum atomic E-state index is 12.2. The Morgan fingerprint density at radius 2 is 2.09 bits per heavy atom. The van der Waals surface area contributed by atoms with Gasteiger partial charge in [-0.1, -0.05) is 19.9 Å². The van der Waals surface area contributed by atoms with E-state index in [9.17, 15) is 14.7 Å². The van der Waals surface area contributed by atoms with Gasteiger partial charge in [-0.2, -0.15) is 5.10 Å². The summed E-state index contributed by atoms with van der Waals surface area (Å²) < 4.78 is 1.53. The molecule has 0 spiro atoms. The molecule has 1 amide bonds. The Balaban J connectivity index is 2.15. The Labute approximate surface area is 128 Å². The molecule has 7 heteroatoms. The molecule has 0 aliphatic heterocycles. The number of carboxylic acid groups (broad SMARTS) is 1. The molecule has 0 bridgehead atoms. The molecule has 2 N–H and O–H groups in total. The zero-order chi connectivity index (χ0) is 16.1. The Hall–Kier alpha value is -2.70. The van der Waals surface area contributed by atoms with E-state index in [2.05, 4.69) is 15.4 Å². The van der Waals surface area contributed by atoms with Crippen LogP contribution < -0.4 is 5.32 Å². The van der Waals surface area contributed by atoms with Crippen LogP contribution in [0.4, 0.5) is 0 Å². The Morgan fingerprint density at radius 1 is 1.32 bits per heavy atom. The lowest BCUT2D eigenvalue weighted by Gasteiger charge is -2.16. The molecule has 2 rings (SSSR count). The van der Waals surface area contributed by atoms with Crippen LogP contribution in [0, 0.1) is 5.92 Å². The minimum Gasteiger partial charge on any atom is -0.480 e. The van der Waals surface area contributed by atoms with E-state index in [1.54, 1.807) is 30.6 Å². The van der Waals surface area contributed by atoms with Gasteiger partial charge >= 0.3 is 5.97 Å². The number of nitrogens with one attached hydrogen (secondary N) is 1. The third-order valence-electron chi connectivity index (χ3n) is 3.02. The fourth-order valence-corrected chi connectivity index (χ4v) is 2.01. The van der Waals surface area contributed by atoms with E-state index in [1.807, 2.05) is 13.8 Å². The normalized spacial score (nSPS) is 12.1. The molecule has 2 aromatic rings. The third kappa shape index (κ3) is 3.91. The van der Waals surface area contributed by atoms with Gasteiger partial charge in [-0.3, -0.25) is 4.79 Å². The number of nitrogens with zero attached hydrogens (tertiary/aromatic N) is 3. The smallest absolute Gasteiger partial charge is 0.326 e. The monoisotopic (exact) mass is 302 g/mol. The summed E-state index contributed by atoms with van der Waals surface area (Å²) in [6.07, 6.45) is 3.68. The molecule has 116 valence electrons. The Kier molecular flexibility index (Phi) is 4.88. The van der Waals surface area contributed by atoms with Crippen LogP contribution in [0.25, 0.3) is 5.82 Å². The highest BCUT2D eigenvalue weighted by Gasteiger charge is 2.22. The van der Waals surface area contributed by atoms with Crippen LogP contribution in [-0.2, 0) is 4.79 Å². The van der Waals surface area contributed by atoms with Crippen molar-refractivity contribution in [2.75, 3.05) is 0 Å². The Bertz CT molecular complexity index is 653. The van der Waals surface area contributed by atoms with Gasteiger partial charge in [0.05, 0.1) is 0 Å². The number of aromatic nitrogens is 3. The molecule has 0 aromatic carbocycles. The highest BCUT2D eigenvalue weighted by atomic mass is 16.4. The van der Waals surface area contributed by atoms with E-state index in [0.29, 0.717) is 12.2 Å². The molecule has 0 aliphatic rings. The van der Waals surface area contributed by atoms with Crippen LogP contribution in [-0.4, -0.2) is 37.8 Å². The van der Waals surface area contributed by atoms with Crippen molar-refractivity contribution >= 4 is 11.9 Å². The molecule has 0 radical (unpaired) electrons. The van der Waals surface area contributed by atoms with E-state index in [4.69, 9.17) is 0 Å². The summed E-state index contributed by atoms with van der Waals surface area (Å²) in [5.41, 5.74) is 0.156. The van der Waals surface area contributed by atoms with Gasteiger partial charge in [-0.05, 0) is 30.5 Å². The third-order valence-corrected chi connectivity index (χ3v) is 3.02. The van der Waals surface area contributed by atoms with Crippen molar-refractivity contribution in [3.63, 3.8) is 0 Å².